The molecule has 0 N–H and O–H groups in total. The third kappa shape index (κ3) is 24.4. The van der Waals surface area contributed by atoms with Crippen molar-refractivity contribution < 1.29 is 14.0 Å². The van der Waals surface area contributed by atoms with Gasteiger partial charge in [0.25, 0.3) is 0 Å². The molecule has 252 valence electrons. The van der Waals surface area contributed by atoms with Crippen LogP contribution in [0.4, 0.5) is 0 Å². The zero-order valence-electron chi connectivity index (χ0n) is 28.5. The Balaban J connectivity index is 1.30. The van der Waals surface area contributed by atoms with Crippen molar-refractivity contribution in [3.63, 3.8) is 0 Å². The lowest BCUT2D eigenvalue weighted by molar-refractivity contribution is -0.697. The molecule has 0 fully saturated rings. The second-order valence-electron chi connectivity index (χ2n) is 12.6. The SMILES string of the molecule is [N-]=[N+]=NCCCCCCCCCCCCOCCCc1ccc[n+](CCCCCCCCCCOCCCc2cccnc2)c1. The molecule has 7 heteroatoms. The van der Waals surface area contributed by atoms with Gasteiger partial charge >= 0.3 is 0 Å². The summed E-state index contributed by atoms with van der Waals surface area (Å²) in [5.41, 5.74) is 11.0. The van der Waals surface area contributed by atoms with Gasteiger partial charge < -0.3 is 9.47 Å². The molecule has 7 nitrogen and oxygen atoms in total. The van der Waals surface area contributed by atoms with Crippen LogP contribution in [0.2, 0.25) is 0 Å². The second kappa shape index (κ2) is 30.2. The summed E-state index contributed by atoms with van der Waals surface area (Å²) in [6.45, 7) is 5.32. The minimum absolute atomic E-state index is 0.652. The second-order valence-corrected chi connectivity index (χ2v) is 12.6. The number of aromatic nitrogens is 2. The molecule has 0 aromatic carbocycles. The van der Waals surface area contributed by atoms with Gasteiger partial charge in [0.1, 0.15) is 6.54 Å². The predicted octanol–water partition coefficient (Wildman–Crippen LogP) is 10.3. The summed E-state index contributed by atoms with van der Waals surface area (Å²) in [4.78, 5) is 6.96. The molecule has 0 aliphatic rings. The van der Waals surface area contributed by atoms with Crippen LogP contribution < -0.4 is 4.57 Å². The van der Waals surface area contributed by atoms with E-state index in [4.69, 9.17) is 15.0 Å². The van der Waals surface area contributed by atoms with E-state index in [2.05, 4.69) is 50.2 Å². The third-order valence-corrected chi connectivity index (χ3v) is 8.47. The first kappa shape index (κ1) is 38.7. The fourth-order valence-electron chi connectivity index (χ4n) is 5.77. The molecule has 0 aliphatic heterocycles. The molecule has 2 rings (SSSR count). The summed E-state index contributed by atoms with van der Waals surface area (Å²) >= 11 is 0. The normalized spacial score (nSPS) is 11.1. The van der Waals surface area contributed by atoms with Crippen molar-refractivity contribution in [3.05, 3.63) is 70.6 Å². The average Bonchev–Trinajstić information content (AvgIpc) is 3.07. The lowest BCUT2D eigenvalue weighted by Crippen LogP contribution is -2.33. The average molecular weight is 623 g/mol. The van der Waals surface area contributed by atoms with Gasteiger partial charge in [-0.25, -0.2) is 4.57 Å². The van der Waals surface area contributed by atoms with Crippen molar-refractivity contribution in [2.24, 2.45) is 5.11 Å². The number of hydrogen-bond acceptors (Lipinski definition) is 4. The van der Waals surface area contributed by atoms with Gasteiger partial charge in [-0.05, 0) is 74.6 Å². The fourth-order valence-corrected chi connectivity index (χ4v) is 5.77. The maximum Gasteiger partial charge on any atom is 0.171 e. The smallest absolute Gasteiger partial charge is 0.171 e. The Bertz CT molecular complexity index is 968. The molecule has 0 saturated heterocycles. The number of aryl methyl sites for hydroxylation is 3. The number of rotatable bonds is 32. The highest BCUT2D eigenvalue weighted by Gasteiger charge is 2.04. The van der Waals surface area contributed by atoms with E-state index in [0.29, 0.717) is 6.54 Å². The first-order chi connectivity index (χ1) is 22.4. The van der Waals surface area contributed by atoms with E-state index in [0.717, 1.165) is 65.1 Å². The van der Waals surface area contributed by atoms with Crippen LogP contribution in [-0.2, 0) is 28.9 Å². The van der Waals surface area contributed by atoms with Crippen molar-refractivity contribution in [2.45, 2.75) is 148 Å². The van der Waals surface area contributed by atoms with Gasteiger partial charge in [0.05, 0.1) is 0 Å². The molecular weight excluding hydrogens is 558 g/mol. The van der Waals surface area contributed by atoms with Crippen molar-refractivity contribution in [1.29, 1.82) is 0 Å². The van der Waals surface area contributed by atoms with E-state index in [-0.39, 0.29) is 0 Å². The number of pyridine rings is 2. The highest BCUT2D eigenvalue weighted by atomic mass is 16.5. The summed E-state index contributed by atoms with van der Waals surface area (Å²) in [7, 11) is 0. The highest BCUT2D eigenvalue weighted by Crippen LogP contribution is 2.12. The number of nitrogens with zero attached hydrogens (tertiary/aromatic N) is 5. The zero-order valence-corrected chi connectivity index (χ0v) is 28.5. The lowest BCUT2D eigenvalue weighted by atomic mass is 10.1. The molecule has 0 atom stereocenters. The Kier molecular flexibility index (Phi) is 26.0. The third-order valence-electron chi connectivity index (χ3n) is 8.47. The van der Waals surface area contributed by atoms with Gasteiger partial charge in [0.15, 0.2) is 12.4 Å². The number of hydrogen-bond donors (Lipinski definition) is 0. The summed E-state index contributed by atoms with van der Waals surface area (Å²) in [5.74, 6) is 0. The highest BCUT2D eigenvalue weighted by molar-refractivity contribution is 5.08. The Morgan fingerprint density at radius 1 is 0.600 bits per heavy atom. The lowest BCUT2D eigenvalue weighted by Gasteiger charge is -2.05. The van der Waals surface area contributed by atoms with E-state index < -0.39 is 0 Å². The Labute approximate surface area is 275 Å². The Morgan fingerprint density at radius 3 is 1.69 bits per heavy atom. The fraction of sp³-hybridized carbons (Fsp3) is 0.737. The van der Waals surface area contributed by atoms with E-state index in [1.54, 1.807) is 0 Å². The molecule has 0 spiro atoms. The predicted molar refractivity (Wildman–Crippen MR) is 186 cm³/mol. The molecule has 0 aliphatic carbocycles. The van der Waals surface area contributed by atoms with Crippen LogP contribution in [0, 0.1) is 0 Å². The Morgan fingerprint density at radius 2 is 1.11 bits per heavy atom. The minimum atomic E-state index is 0.652. The van der Waals surface area contributed by atoms with Crippen LogP contribution in [-0.4, -0.2) is 38.0 Å². The Hall–Kier alpha value is -2.47. The number of azide groups is 1. The van der Waals surface area contributed by atoms with E-state index in [1.807, 2.05) is 18.5 Å². The van der Waals surface area contributed by atoms with E-state index >= 15 is 0 Å². The molecule has 45 heavy (non-hydrogen) atoms. The summed E-state index contributed by atoms with van der Waals surface area (Å²) in [6, 6.07) is 8.60. The van der Waals surface area contributed by atoms with Crippen LogP contribution in [0.5, 0.6) is 0 Å². The van der Waals surface area contributed by atoms with Crippen LogP contribution in [0.15, 0.2) is 54.2 Å². The summed E-state index contributed by atoms with van der Waals surface area (Å²) < 4.78 is 14.1. The first-order valence-corrected chi connectivity index (χ1v) is 18.4. The van der Waals surface area contributed by atoms with Gasteiger partial charge in [-0.3, -0.25) is 4.98 Å². The maximum absolute atomic E-state index is 8.27. The first-order valence-electron chi connectivity index (χ1n) is 18.4. The quantitative estimate of drug-likeness (QED) is 0.0267. The van der Waals surface area contributed by atoms with Gasteiger partial charge in [-0.15, -0.1) is 0 Å². The number of ether oxygens (including phenoxy) is 2. The van der Waals surface area contributed by atoms with Gasteiger partial charge in [-0.1, -0.05) is 94.7 Å². The topological polar surface area (TPSA) is 84.0 Å². The van der Waals surface area contributed by atoms with Crippen molar-refractivity contribution >= 4 is 0 Å². The molecule has 0 bridgehead atoms. The van der Waals surface area contributed by atoms with E-state index in [1.165, 1.54) is 120 Å². The summed E-state index contributed by atoms with van der Waals surface area (Å²) in [6.07, 6.45) is 35.8. The molecular formula is C38H64N5O2+. The molecule has 0 unspecified atom stereocenters. The van der Waals surface area contributed by atoms with Gasteiger partial charge in [0, 0.05) is 68.3 Å². The minimum Gasteiger partial charge on any atom is -0.381 e. The standard InChI is InChI=1S/C38H64N5O2/c39-42-41-28-15-11-7-3-1-2-5-9-13-18-32-45-34-22-26-38-24-20-30-43(36-38)29-16-12-8-4-6-10-14-17-31-44-33-21-25-37-23-19-27-40-35-37/h19-20,23-24,27,30,35-36H,1-18,21-22,25-26,28-29,31-34H2/q+1. The van der Waals surface area contributed by atoms with Crippen LogP contribution in [0.1, 0.15) is 140 Å². The largest absolute Gasteiger partial charge is 0.381 e. The maximum atomic E-state index is 8.27. The van der Waals surface area contributed by atoms with Crippen molar-refractivity contribution in [1.82, 2.24) is 4.98 Å². The van der Waals surface area contributed by atoms with Gasteiger partial charge in [-0.2, -0.15) is 0 Å². The van der Waals surface area contributed by atoms with Crippen LogP contribution >= 0.6 is 0 Å². The van der Waals surface area contributed by atoms with E-state index in [9.17, 15) is 0 Å². The molecule has 2 aromatic heterocycles. The molecule has 0 amide bonds. The molecule has 0 saturated carbocycles. The molecule has 2 aromatic rings. The van der Waals surface area contributed by atoms with Crippen molar-refractivity contribution in [2.75, 3.05) is 33.0 Å². The van der Waals surface area contributed by atoms with Crippen molar-refractivity contribution in [3.8, 4) is 0 Å². The summed E-state index contributed by atoms with van der Waals surface area (Å²) in [5, 5.41) is 3.59. The molecule has 2 heterocycles. The molecule has 0 radical (unpaired) electrons. The van der Waals surface area contributed by atoms with Gasteiger partial charge in [0.2, 0.25) is 0 Å². The monoisotopic (exact) mass is 623 g/mol. The van der Waals surface area contributed by atoms with Crippen LogP contribution in [0.25, 0.3) is 10.4 Å². The zero-order chi connectivity index (χ0) is 31.7. The van der Waals surface area contributed by atoms with Crippen LogP contribution in [0.3, 0.4) is 0 Å². The number of unbranched alkanes of at least 4 members (excludes halogenated alkanes) is 16.